The molecule has 0 radical (unpaired) electrons. The number of hydrogen-bond donors (Lipinski definition) is 0. The van der Waals surface area contributed by atoms with Crippen LogP contribution < -0.4 is 4.74 Å². The first-order valence-corrected chi connectivity index (χ1v) is 21.3. The van der Waals surface area contributed by atoms with Gasteiger partial charge in [0.15, 0.2) is 8.32 Å². The van der Waals surface area contributed by atoms with Gasteiger partial charge in [-0.25, -0.2) is 0 Å². The summed E-state index contributed by atoms with van der Waals surface area (Å²) in [5.74, 6) is 1.40. The molecule has 0 aliphatic carbocycles. The maximum Gasteiger partial charge on any atom is 0.295 e. The summed E-state index contributed by atoms with van der Waals surface area (Å²) in [5, 5.41) is 0. The Morgan fingerprint density at radius 2 is 1.32 bits per heavy atom. The number of carbonyl (C=O) groups is 1. The molecule has 0 spiro atoms. The van der Waals surface area contributed by atoms with E-state index in [2.05, 4.69) is 58.9 Å². The highest BCUT2D eigenvalue weighted by molar-refractivity contribution is 6.81. The lowest BCUT2D eigenvalue weighted by molar-refractivity contribution is -0.137. The van der Waals surface area contributed by atoms with Gasteiger partial charge in [0.2, 0.25) is 8.32 Å². The van der Waals surface area contributed by atoms with Crippen LogP contribution in [-0.2, 0) is 13.6 Å². The van der Waals surface area contributed by atoms with Gasteiger partial charge in [-0.1, -0.05) is 50.0 Å². The van der Waals surface area contributed by atoms with Crippen LogP contribution >= 0.6 is 0 Å². The second-order valence-corrected chi connectivity index (χ2v) is 25.3. The van der Waals surface area contributed by atoms with Crippen molar-refractivity contribution >= 4 is 30.7 Å². The third-order valence-electron chi connectivity index (χ3n) is 4.54. The lowest BCUT2D eigenvalue weighted by Crippen LogP contribution is -2.45. The number of carbonyl (C=O) groups excluding carboxylic acids is 1. The number of para-hydroxylation sites is 1. The van der Waals surface area contributed by atoms with E-state index in [9.17, 15) is 4.79 Å². The third kappa shape index (κ3) is 8.40. The summed E-state index contributed by atoms with van der Waals surface area (Å²) in [6.45, 7) is 19.3. The van der Waals surface area contributed by atoms with E-state index < -0.39 is 24.7 Å². The topological polar surface area (TPSA) is 44.8 Å². The van der Waals surface area contributed by atoms with E-state index >= 15 is 0 Å². The van der Waals surface area contributed by atoms with Crippen molar-refractivity contribution in [2.24, 2.45) is 0 Å². The molecule has 0 unspecified atom stereocenters. The molecule has 0 bridgehead atoms. The highest BCUT2D eigenvalue weighted by Crippen LogP contribution is 2.42. The van der Waals surface area contributed by atoms with E-state index in [1.807, 2.05) is 54.6 Å². The quantitative estimate of drug-likeness (QED) is 0.354. The fraction of sp³-hybridized carbons (Fsp3) is 0.458. The average Bonchev–Trinajstić information content (AvgIpc) is 2.58. The summed E-state index contributed by atoms with van der Waals surface area (Å²) in [7, 11) is -5.96. The minimum atomic E-state index is -2.03. The Morgan fingerprint density at radius 1 is 0.742 bits per heavy atom. The van der Waals surface area contributed by atoms with Crippen LogP contribution in [0.15, 0.2) is 54.6 Å². The summed E-state index contributed by atoms with van der Waals surface area (Å²) >= 11 is 0. The molecule has 0 N–H and O–H groups in total. The monoisotopic (exact) mass is 474 g/mol. The predicted octanol–water partition coefficient (Wildman–Crippen LogP) is 7.46. The highest BCUT2D eigenvalue weighted by atomic mass is 28.4. The van der Waals surface area contributed by atoms with Crippen molar-refractivity contribution in [1.82, 2.24) is 0 Å². The minimum Gasteiger partial charge on any atom is -0.520 e. The van der Waals surface area contributed by atoms with Crippen LogP contribution in [-0.4, -0.2) is 30.7 Å². The Morgan fingerprint density at radius 3 is 1.84 bits per heavy atom. The second kappa shape index (κ2) is 9.85. The first-order chi connectivity index (χ1) is 14.2. The Kier molecular flexibility index (Phi) is 8.13. The minimum absolute atomic E-state index is 0.115. The molecule has 7 heteroatoms. The van der Waals surface area contributed by atoms with Crippen molar-refractivity contribution in [1.29, 1.82) is 0 Å². The van der Waals surface area contributed by atoms with E-state index in [0.717, 1.165) is 17.1 Å². The molecule has 2 aromatic rings. The molecule has 31 heavy (non-hydrogen) atoms. The normalized spacial score (nSPS) is 14.6. The van der Waals surface area contributed by atoms with Crippen LogP contribution in [0.3, 0.4) is 0 Å². The molecule has 4 nitrogen and oxygen atoms in total. The molecule has 0 saturated carbocycles. The summed E-state index contributed by atoms with van der Waals surface area (Å²) in [5.41, 5.74) is 0.675. The standard InChI is InChI=1S/C24H38O4Si3/c1-29(2,3)23(24(25)28-31(7,8)9)22(27-30(4,5)6)19-14-13-17-21(18-19)26-20-15-11-10-12-16-20/h10-18,22-23H,1-9H3/t22-,23+/m1/s1. The number of rotatable bonds is 9. The van der Waals surface area contributed by atoms with Gasteiger partial charge in [-0.2, -0.15) is 0 Å². The van der Waals surface area contributed by atoms with Crippen LogP contribution in [0, 0.1) is 0 Å². The Balaban J connectivity index is 2.49. The zero-order valence-electron chi connectivity index (χ0n) is 20.5. The smallest absolute Gasteiger partial charge is 0.295 e. The van der Waals surface area contributed by atoms with Gasteiger partial charge in [-0.05, 0) is 69.1 Å². The molecule has 0 aliphatic heterocycles. The molecule has 0 aliphatic rings. The second-order valence-electron chi connectivity index (χ2n) is 11.0. The Labute approximate surface area is 191 Å². The molecule has 0 fully saturated rings. The zero-order chi connectivity index (χ0) is 23.4. The van der Waals surface area contributed by atoms with E-state index in [0.29, 0.717) is 0 Å². The number of benzene rings is 2. The van der Waals surface area contributed by atoms with Crippen molar-refractivity contribution < 1.29 is 18.4 Å². The van der Waals surface area contributed by atoms with Crippen LogP contribution in [0.25, 0.3) is 0 Å². The predicted molar refractivity (Wildman–Crippen MR) is 137 cm³/mol. The number of hydrogen-bond acceptors (Lipinski definition) is 4. The summed E-state index contributed by atoms with van der Waals surface area (Å²) in [6.07, 6.45) is -0.346. The third-order valence-corrected chi connectivity index (χ3v) is 8.72. The molecule has 0 aromatic heterocycles. The van der Waals surface area contributed by atoms with E-state index in [4.69, 9.17) is 13.6 Å². The van der Waals surface area contributed by atoms with Gasteiger partial charge in [-0.3, -0.25) is 4.79 Å². The van der Waals surface area contributed by atoms with E-state index in [-0.39, 0.29) is 17.6 Å². The lowest BCUT2D eigenvalue weighted by Gasteiger charge is -2.39. The summed E-state index contributed by atoms with van der Waals surface area (Å²) in [4.78, 5) is 13.4. The Hall–Kier alpha value is -1.68. The first-order valence-electron chi connectivity index (χ1n) is 10.9. The Bertz CT molecular complexity index is 865. The summed E-state index contributed by atoms with van der Waals surface area (Å²) in [6, 6.07) is 17.7. The molecule has 0 heterocycles. The molecule has 170 valence electrons. The van der Waals surface area contributed by atoms with Gasteiger partial charge in [0, 0.05) is 0 Å². The maximum absolute atomic E-state index is 13.4. The van der Waals surface area contributed by atoms with E-state index in [1.165, 1.54) is 0 Å². The van der Waals surface area contributed by atoms with Gasteiger partial charge in [0.05, 0.1) is 19.7 Å². The van der Waals surface area contributed by atoms with Gasteiger partial charge in [0.25, 0.3) is 5.97 Å². The first kappa shape index (κ1) is 25.6. The molecule has 2 aromatic carbocycles. The van der Waals surface area contributed by atoms with Gasteiger partial charge in [0.1, 0.15) is 11.5 Å². The largest absolute Gasteiger partial charge is 0.520 e. The van der Waals surface area contributed by atoms with Gasteiger partial charge >= 0.3 is 0 Å². The van der Waals surface area contributed by atoms with Crippen molar-refractivity contribution in [2.45, 2.75) is 70.6 Å². The van der Waals surface area contributed by atoms with Gasteiger partial charge < -0.3 is 13.6 Å². The van der Waals surface area contributed by atoms with Gasteiger partial charge in [-0.15, -0.1) is 0 Å². The molecular formula is C24H38O4Si3. The number of ether oxygens (including phenoxy) is 1. The summed E-state index contributed by atoms with van der Waals surface area (Å²) < 4.78 is 18.8. The molecule has 0 amide bonds. The van der Waals surface area contributed by atoms with Crippen LogP contribution in [0.1, 0.15) is 11.7 Å². The van der Waals surface area contributed by atoms with Crippen LogP contribution in [0.5, 0.6) is 11.5 Å². The molecule has 2 rings (SSSR count). The van der Waals surface area contributed by atoms with Crippen LogP contribution in [0.4, 0.5) is 0 Å². The molecule has 2 atom stereocenters. The lowest BCUT2D eigenvalue weighted by atomic mass is 10.1. The van der Waals surface area contributed by atoms with E-state index in [1.54, 1.807) is 0 Å². The molecule has 0 saturated heterocycles. The SMILES string of the molecule is C[Si](C)(C)OC(=O)[C@H]([C@H](O[Si](C)(C)C)c1cccc(Oc2ccccc2)c1)[Si](C)(C)C. The zero-order valence-corrected chi connectivity index (χ0v) is 23.5. The van der Waals surface area contributed by atoms with Crippen molar-refractivity contribution in [2.75, 3.05) is 0 Å². The average molecular weight is 475 g/mol. The highest BCUT2D eigenvalue weighted by Gasteiger charge is 2.44. The van der Waals surface area contributed by atoms with Crippen molar-refractivity contribution in [3.05, 3.63) is 60.2 Å². The van der Waals surface area contributed by atoms with Crippen molar-refractivity contribution in [3.63, 3.8) is 0 Å². The fourth-order valence-electron chi connectivity index (χ4n) is 3.39. The van der Waals surface area contributed by atoms with Crippen molar-refractivity contribution in [3.8, 4) is 11.5 Å². The van der Waals surface area contributed by atoms with Crippen LogP contribution in [0.2, 0.25) is 64.5 Å². The molecular weight excluding hydrogens is 437 g/mol. The fourth-order valence-corrected chi connectivity index (χ4v) is 7.34. The maximum atomic E-state index is 13.4.